The van der Waals surface area contributed by atoms with Crippen LogP contribution >= 0.6 is 46.9 Å². The Morgan fingerprint density at radius 1 is 1.03 bits per heavy atom. The fourth-order valence-electron chi connectivity index (χ4n) is 3.30. The second-order valence-electron chi connectivity index (χ2n) is 6.81. The molecule has 0 aliphatic rings. The minimum atomic E-state index is -3.81. The van der Waals surface area contributed by atoms with Crippen LogP contribution in [-0.4, -0.2) is 49.5 Å². The molecule has 13 heteroatoms. The SMILES string of the molecule is COc1cc(OC)nc(Sc2ccc(C(c3ccccc3Br)P(=O)(OC)OC)c(Cl)c2C(=O)O)n1. The lowest BCUT2D eigenvalue weighted by Crippen LogP contribution is -2.10. The van der Waals surface area contributed by atoms with Crippen molar-refractivity contribution in [3.63, 3.8) is 0 Å². The summed E-state index contributed by atoms with van der Waals surface area (Å²) in [6, 6.07) is 11.7. The molecule has 1 N–H and O–H groups in total. The number of aromatic carboxylic acids is 1. The molecule has 0 aliphatic carbocycles. The van der Waals surface area contributed by atoms with Crippen LogP contribution in [0.2, 0.25) is 5.02 Å². The van der Waals surface area contributed by atoms with E-state index < -0.39 is 19.2 Å². The summed E-state index contributed by atoms with van der Waals surface area (Å²) in [4.78, 5) is 21.0. The molecule has 0 radical (unpaired) electrons. The smallest absolute Gasteiger partial charge is 0.342 e. The van der Waals surface area contributed by atoms with E-state index in [1.165, 1.54) is 34.5 Å². The van der Waals surface area contributed by atoms with Gasteiger partial charge in [0, 0.05) is 23.6 Å². The van der Waals surface area contributed by atoms with Crippen molar-refractivity contribution in [2.75, 3.05) is 28.4 Å². The summed E-state index contributed by atoms with van der Waals surface area (Å²) >= 11 is 11.1. The Bertz CT molecular complexity index is 1270. The second-order valence-corrected chi connectivity index (χ2v) is 11.4. The van der Waals surface area contributed by atoms with E-state index in [2.05, 4.69) is 25.9 Å². The van der Waals surface area contributed by atoms with Crippen molar-refractivity contribution in [1.82, 2.24) is 9.97 Å². The molecule has 0 saturated heterocycles. The highest BCUT2D eigenvalue weighted by Gasteiger charge is 2.40. The van der Waals surface area contributed by atoms with Crippen LogP contribution in [0.3, 0.4) is 0 Å². The average Bonchev–Trinajstić information content (AvgIpc) is 2.85. The fraction of sp³-hybridized carbons (Fsp3) is 0.227. The highest BCUT2D eigenvalue weighted by molar-refractivity contribution is 9.10. The number of carboxylic acids is 1. The first-order valence-corrected chi connectivity index (χ1v) is 13.4. The molecule has 0 saturated carbocycles. The Labute approximate surface area is 219 Å². The predicted molar refractivity (Wildman–Crippen MR) is 135 cm³/mol. The summed E-state index contributed by atoms with van der Waals surface area (Å²) in [7, 11) is 1.59. The molecule has 3 aromatic rings. The van der Waals surface area contributed by atoms with Gasteiger partial charge in [0.25, 0.3) is 0 Å². The van der Waals surface area contributed by atoms with Crippen molar-refractivity contribution in [3.05, 3.63) is 68.7 Å². The standard InChI is InChI=1S/C22H21BrClN2O7PS/c1-30-16-11-17(31-2)26-22(25-16)35-15-10-9-13(19(24)18(15)21(27)28)20(34(29,32-3)33-4)12-7-5-6-8-14(12)23/h5-11,20H,1-4H3,(H,27,28). The second kappa shape index (κ2) is 11.7. The summed E-state index contributed by atoms with van der Waals surface area (Å²) in [5, 5.41) is 10.1. The molecule has 3 rings (SSSR count). The number of methoxy groups -OCH3 is 2. The molecule has 0 bridgehead atoms. The zero-order valence-electron chi connectivity index (χ0n) is 19.0. The number of nitrogens with zero attached hydrogens (tertiary/aromatic N) is 2. The lowest BCUT2D eigenvalue weighted by molar-refractivity contribution is 0.0693. The van der Waals surface area contributed by atoms with Gasteiger partial charge < -0.3 is 23.6 Å². The van der Waals surface area contributed by atoms with E-state index in [9.17, 15) is 14.5 Å². The quantitative estimate of drug-likeness (QED) is 0.208. The van der Waals surface area contributed by atoms with Gasteiger partial charge in [-0.25, -0.2) is 4.79 Å². The van der Waals surface area contributed by atoms with Gasteiger partial charge in [0.2, 0.25) is 11.8 Å². The lowest BCUT2D eigenvalue weighted by atomic mass is 10.0. The first-order valence-electron chi connectivity index (χ1n) is 9.85. The molecular formula is C22H21BrClN2O7PS. The van der Waals surface area contributed by atoms with Gasteiger partial charge in [-0.3, -0.25) is 4.57 Å². The van der Waals surface area contributed by atoms with Crippen LogP contribution in [0.4, 0.5) is 0 Å². The maximum Gasteiger partial charge on any atom is 0.342 e. The van der Waals surface area contributed by atoms with Gasteiger partial charge >= 0.3 is 13.6 Å². The number of hydrogen-bond acceptors (Lipinski definition) is 9. The maximum absolute atomic E-state index is 13.6. The summed E-state index contributed by atoms with van der Waals surface area (Å²) in [5.74, 6) is -0.798. The molecule has 35 heavy (non-hydrogen) atoms. The molecule has 0 aliphatic heterocycles. The molecule has 1 unspecified atom stereocenters. The van der Waals surface area contributed by atoms with E-state index in [4.69, 9.17) is 30.1 Å². The van der Waals surface area contributed by atoms with Crippen LogP contribution in [0, 0.1) is 0 Å². The molecule has 1 aromatic heterocycles. The van der Waals surface area contributed by atoms with Gasteiger partial charge in [-0.15, -0.1) is 0 Å². The van der Waals surface area contributed by atoms with Crippen molar-refractivity contribution in [3.8, 4) is 11.8 Å². The number of rotatable bonds is 10. The molecule has 1 atom stereocenters. The van der Waals surface area contributed by atoms with E-state index in [1.807, 2.05) is 0 Å². The van der Waals surface area contributed by atoms with Gasteiger partial charge in [-0.2, -0.15) is 9.97 Å². The normalized spacial score (nSPS) is 12.3. The Hall–Kier alpha value is -2.14. The summed E-state index contributed by atoms with van der Waals surface area (Å²) in [6.45, 7) is 0. The number of halogens is 2. The molecule has 0 fully saturated rings. The van der Waals surface area contributed by atoms with Crippen LogP contribution < -0.4 is 9.47 Å². The third kappa shape index (κ3) is 5.82. The molecule has 0 spiro atoms. The van der Waals surface area contributed by atoms with E-state index in [1.54, 1.807) is 36.4 Å². The predicted octanol–water partition coefficient (Wildman–Crippen LogP) is 6.33. The Morgan fingerprint density at radius 2 is 1.63 bits per heavy atom. The highest BCUT2D eigenvalue weighted by Crippen LogP contribution is 2.64. The first-order chi connectivity index (χ1) is 16.7. The zero-order chi connectivity index (χ0) is 25.8. The molecule has 0 amide bonds. The molecular weight excluding hydrogens is 583 g/mol. The van der Waals surface area contributed by atoms with Gasteiger partial charge in [0.15, 0.2) is 5.16 Å². The highest BCUT2D eigenvalue weighted by atomic mass is 79.9. The summed E-state index contributed by atoms with van der Waals surface area (Å²) < 4.78 is 35.2. The average molecular weight is 604 g/mol. The van der Waals surface area contributed by atoms with Crippen molar-refractivity contribution < 1.29 is 33.0 Å². The van der Waals surface area contributed by atoms with Crippen molar-refractivity contribution >= 4 is 52.9 Å². The maximum atomic E-state index is 13.6. The number of carbonyl (C=O) groups is 1. The van der Waals surface area contributed by atoms with Crippen LogP contribution in [0.1, 0.15) is 27.1 Å². The minimum Gasteiger partial charge on any atom is -0.481 e. The minimum absolute atomic E-state index is 0.118. The van der Waals surface area contributed by atoms with E-state index in [0.717, 1.165) is 11.8 Å². The van der Waals surface area contributed by atoms with E-state index in [0.29, 0.717) is 10.0 Å². The molecule has 2 aromatic carbocycles. The summed E-state index contributed by atoms with van der Waals surface area (Å²) in [6.07, 6.45) is 0. The van der Waals surface area contributed by atoms with Gasteiger partial charge in [-0.1, -0.05) is 51.8 Å². The monoisotopic (exact) mass is 602 g/mol. The van der Waals surface area contributed by atoms with Crippen LogP contribution in [0.15, 0.2) is 57.0 Å². The van der Waals surface area contributed by atoms with Crippen molar-refractivity contribution in [2.45, 2.75) is 15.7 Å². The third-order valence-corrected chi connectivity index (χ3v) is 9.21. The Balaban J connectivity index is 2.21. The van der Waals surface area contributed by atoms with Crippen molar-refractivity contribution in [1.29, 1.82) is 0 Å². The largest absolute Gasteiger partial charge is 0.481 e. The van der Waals surface area contributed by atoms with Crippen LogP contribution in [0.5, 0.6) is 11.8 Å². The van der Waals surface area contributed by atoms with Gasteiger partial charge in [0.1, 0.15) is 5.66 Å². The van der Waals surface area contributed by atoms with Crippen molar-refractivity contribution in [2.24, 2.45) is 0 Å². The number of hydrogen-bond donors (Lipinski definition) is 1. The zero-order valence-corrected chi connectivity index (χ0v) is 23.1. The summed E-state index contributed by atoms with van der Waals surface area (Å²) in [5.41, 5.74) is -0.406. The van der Waals surface area contributed by atoms with E-state index >= 15 is 0 Å². The number of ether oxygens (including phenoxy) is 2. The number of benzene rings is 2. The van der Waals surface area contributed by atoms with Crippen LogP contribution in [0.25, 0.3) is 0 Å². The first kappa shape index (κ1) is 27.4. The molecule has 9 nitrogen and oxygen atoms in total. The number of carboxylic acid groups (broad SMARTS) is 1. The fourth-order valence-corrected chi connectivity index (χ4v) is 7.06. The van der Waals surface area contributed by atoms with Crippen LogP contribution in [-0.2, 0) is 13.6 Å². The van der Waals surface area contributed by atoms with E-state index in [-0.39, 0.29) is 38.0 Å². The van der Waals surface area contributed by atoms with Gasteiger partial charge in [0.05, 0.1) is 30.9 Å². The number of aromatic nitrogens is 2. The Morgan fingerprint density at radius 3 is 2.14 bits per heavy atom. The third-order valence-electron chi connectivity index (χ3n) is 4.95. The molecule has 186 valence electrons. The van der Waals surface area contributed by atoms with Gasteiger partial charge in [-0.05, 0) is 35.0 Å². The Kier molecular flexibility index (Phi) is 9.20. The lowest BCUT2D eigenvalue weighted by Gasteiger charge is -2.27. The topological polar surface area (TPSA) is 117 Å². The molecule has 1 heterocycles.